The van der Waals surface area contributed by atoms with E-state index in [0.717, 1.165) is 12.1 Å². The molecule has 1 aromatic heterocycles. The maximum Gasteiger partial charge on any atom is 0.226 e. The van der Waals surface area contributed by atoms with Crippen LogP contribution in [0.15, 0.2) is 22.8 Å². The van der Waals surface area contributed by atoms with Crippen LogP contribution in [0.5, 0.6) is 0 Å². The van der Waals surface area contributed by atoms with Crippen LogP contribution in [0.3, 0.4) is 0 Å². The molecule has 0 atom stereocenters. The number of aromatic nitrogens is 1. The molecule has 2 N–H and O–H groups in total. The maximum absolute atomic E-state index is 12.9. The molecule has 0 saturated carbocycles. The molecule has 0 radical (unpaired) electrons. The summed E-state index contributed by atoms with van der Waals surface area (Å²) in [7, 11) is 0. The van der Waals surface area contributed by atoms with Gasteiger partial charge in [-0.2, -0.15) is 0 Å². The predicted octanol–water partition coefficient (Wildman–Crippen LogP) is 2.22. The van der Waals surface area contributed by atoms with E-state index in [2.05, 4.69) is 4.98 Å². The van der Waals surface area contributed by atoms with Gasteiger partial charge in [0.25, 0.3) is 0 Å². The Balaban J connectivity index is 2.48. The van der Waals surface area contributed by atoms with E-state index in [0.29, 0.717) is 5.69 Å². The van der Waals surface area contributed by atoms with Crippen molar-refractivity contribution >= 4 is 0 Å². The minimum Gasteiger partial charge on any atom is -0.444 e. The van der Waals surface area contributed by atoms with Gasteiger partial charge in [0, 0.05) is 12.1 Å². The second kappa shape index (κ2) is 3.97. The summed E-state index contributed by atoms with van der Waals surface area (Å²) in [5.74, 6) is -4.10. The van der Waals surface area contributed by atoms with Crippen molar-refractivity contribution in [1.29, 1.82) is 0 Å². The number of rotatable bonds is 2. The molecule has 2 rings (SSSR count). The molecule has 0 fully saturated rings. The van der Waals surface area contributed by atoms with Crippen LogP contribution in [0, 0.1) is 17.5 Å². The highest BCUT2D eigenvalue weighted by Crippen LogP contribution is 2.23. The first-order chi connectivity index (χ1) is 7.61. The van der Waals surface area contributed by atoms with Gasteiger partial charge >= 0.3 is 0 Å². The van der Waals surface area contributed by atoms with E-state index < -0.39 is 17.5 Å². The summed E-state index contributed by atoms with van der Waals surface area (Å²) in [6, 6.07) is 1.62. The van der Waals surface area contributed by atoms with Crippen molar-refractivity contribution in [3.8, 4) is 11.5 Å². The topological polar surface area (TPSA) is 52.0 Å². The summed E-state index contributed by atoms with van der Waals surface area (Å²) in [6.45, 7) is 0.148. The van der Waals surface area contributed by atoms with Gasteiger partial charge in [-0.1, -0.05) is 0 Å². The Kier molecular flexibility index (Phi) is 2.66. The first-order valence-electron chi connectivity index (χ1n) is 4.41. The third-order valence-electron chi connectivity index (χ3n) is 1.99. The van der Waals surface area contributed by atoms with E-state index in [1.165, 1.54) is 6.26 Å². The average molecular weight is 228 g/mol. The van der Waals surface area contributed by atoms with Gasteiger partial charge in [0.05, 0.1) is 5.69 Å². The molecule has 0 saturated heterocycles. The normalized spacial score (nSPS) is 10.8. The van der Waals surface area contributed by atoms with Crippen LogP contribution in [0.1, 0.15) is 5.69 Å². The van der Waals surface area contributed by atoms with Gasteiger partial charge < -0.3 is 10.2 Å². The van der Waals surface area contributed by atoms with Gasteiger partial charge in [-0.05, 0) is 12.1 Å². The molecule has 6 heteroatoms. The molecule has 0 bridgehead atoms. The van der Waals surface area contributed by atoms with Crippen molar-refractivity contribution in [2.45, 2.75) is 6.54 Å². The summed E-state index contributed by atoms with van der Waals surface area (Å²) in [5.41, 5.74) is 5.76. The number of hydrogen-bond donors (Lipinski definition) is 1. The zero-order chi connectivity index (χ0) is 11.7. The van der Waals surface area contributed by atoms with E-state index in [-0.39, 0.29) is 18.0 Å². The molecule has 3 nitrogen and oxygen atoms in total. The standard InChI is InChI=1S/C10H7F3N2O/c11-7-1-5(2-8(12)9(7)13)10-15-6(3-14)4-16-10/h1-2,4H,3,14H2. The van der Waals surface area contributed by atoms with Crippen molar-refractivity contribution in [3.63, 3.8) is 0 Å². The Labute approximate surface area is 88.7 Å². The minimum absolute atomic E-state index is 0.00162. The van der Waals surface area contributed by atoms with Gasteiger partial charge in [-0.15, -0.1) is 0 Å². The summed E-state index contributed by atoms with van der Waals surface area (Å²) in [5, 5.41) is 0. The molecule has 0 aliphatic rings. The Hall–Kier alpha value is -1.82. The second-order valence-corrected chi connectivity index (χ2v) is 3.10. The summed E-state index contributed by atoms with van der Waals surface area (Å²) in [4.78, 5) is 3.86. The minimum atomic E-state index is -1.52. The summed E-state index contributed by atoms with van der Waals surface area (Å²) in [6.07, 6.45) is 1.27. The van der Waals surface area contributed by atoms with Gasteiger partial charge in [0.15, 0.2) is 17.5 Å². The first kappa shape index (κ1) is 10.7. The predicted molar refractivity (Wildman–Crippen MR) is 49.7 cm³/mol. The van der Waals surface area contributed by atoms with Crippen LogP contribution < -0.4 is 5.73 Å². The van der Waals surface area contributed by atoms with Crippen molar-refractivity contribution < 1.29 is 17.6 Å². The third kappa shape index (κ3) is 1.79. The highest BCUT2D eigenvalue weighted by Gasteiger charge is 2.14. The fourth-order valence-electron chi connectivity index (χ4n) is 1.21. The van der Waals surface area contributed by atoms with Crippen LogP contribution in [0.4, 0.5) is 13.2 Å². The van der Waals surface area contributed by atoms with Crippen LogP contribution in [-0.4, -0.2) is 4.98 Å². The lowest BCUT2D eigenvalue weighted by atomic mass is 10.2. The van der Waals surface area contributed by atoms with Gasteiger partial charge in [-0.25, -0.2) is 18.2 Å². The Bertz CT molecular complexity index is 502. The summed E-state index contributed by atoms with van der Waals surface area (Å²) >= 11 is 0. The lowest BCUT2D eigenvalue weighted by molar-refractivity contribution is 0.446. The summed E-state index contributed by atoms with van der Waals surface area (Å²) < 4.78 is 43.4. The number of halogens is 3. The molecular formula is C10H7F3N2O. The van der Waals surface area contributed by atoms with Crippen molar-refractivity contribution in [2.24, 2.45) is 5.73 Å². The monoisotopic (exact) mass is 228 g/mol. The van der Waals surface area contributed by atoms with Gasteiger partial charge in [0.2, 0.25) is 5.89 Å². The molecule has 1 heterocycles. The highest BCUT2D eigenvalue weighted by atomic mass is 19.2. The fourth-order valence-corrected chi connectivity index (χ4v) is 1.21. The molecule has 2 aromatic rings. The number of oxazole rings is 1. The molecule has 1 aromatic carbocycles. The zero-order valence-corrected chi connectivity index (χ0v) is 8.01. The Morgan fingerprint density at radius 1 is 1.19 bits per heavy atom. The second-order valence-electron chi connectivity index (χ2n) is 3.10. The zero-order valence-electron chi connectivity index (χ0n) is 8.01. The van der Waals surface area contributed by atoms with Gasteiger partial charge in [0.1, 0.15) is 6.26 Å². The van der Waals surface area contributed by atoms with Crippen molar-refractivity contribution in [1.82, 2.24) is 4.98 Å². The molecule has 0 amide bonds. The molecule has 0 aliphatic heterocycles. The molecule has 16 heavy (non-hydrogen) atoms. The van der Waals surface area contributed by atoms with Crippen LogP contribution in [0.2, 0.25) is 0 Å². The van der Waals surface area contributed by atoms with Crippen LogP contribution in [0.25, 0.3) is 11.5 Å². The van der Waals surface area contributed by atoms with E-state index in [9.17, 15) is 13.2 Å². The number of nitrogens with zero attached hydrogens (tertiary/aromatic N) is 1. The van der Waals surface area contributed by atoms with E-state index in [4.69, 9.17) is 10.2 Å². The van der Waals surface area contributed by atoms with Crippen molar-refractivity contribution in [3.05, 3.63) is 41.5 Å². The van der Waals surface area contributed by atoms with E-state index >= 15 is 0 Å². The largest absolute Gasteiger partial charge is 0.444 e. The highest BCUT2D eigenvalue weighted by molar-refractivity contribution is 5.53. The Morgan fingerprint density at radius 2 is 1.81 bits per heavy atom. The lowest BCUT2D eigenvalue weighted by Gasteiger charge is -1.98. The van der Waals surface area contributed by atoms with E-state index in [1.807, 2.05) is 0 Å². The first-order valence-corrected chi connectivity index (χ1v) is 4.41. The SMILES string of the molecule is NCc1coc(-c2cc(F)c(F)c(F)c2)n1. The van der Waals surface area contributed by atoms with Gasteiger partial charge in [-0.3, -0.25) is 0 Å². The molecule has 0 spiro atoms. The van der Waals surface area contributed by atoms with Crippen LogP contribution >= 0.6 is 0 Å². The smallest absolute Gasteiger partial charge is 0.226 e. The van der Waals surface area contributed by atoms with Crippen LogP contribution in [-0.2, 0) is 6.54 Å². The fraction of sp³-hybridized carbons (Fsp3) is 0.100. The number of nitrogens with two attached hydrogens (primary N) is 1. The molecular weight excluding hydrogens is 221 g/mol. The molecule has 84 valence electrons. The lowest BCUT2D eigenvalue weighted by Crippen LogP contribution is -1.96. The Morgan fingerprint density at radius 3 is 2.31 bits per heavy atom. The molecule has 0 unspecified atom stereocenters. The quantitative estimate of drug-likeness (QED) is 0.802. The third-order valence-corrected chi connectivity index (χ3v) is 1.99. The number of benzene rings is 1. The van der Waals surface area contributed by atoms with E-state index in [1.54, 1.807) is 0 Å². The number of hydrogen-bond acceptors (Lipinski definition) is 3. The van der Waals surface area contributed by atoms with Crippen molar-refractivity contribution in [2.75, 3.05) is 0 Å². The molecule has 0 aliphatic carbocycles. The average Bonchev–Trinajstić information content (AvgIpc) is 2.73. The maximum atomic E-state index is 12.9.